The molecule has 3 aromatic rings. The molecule has 1 aliphatic carbocycles. The zero-order valence-electron chi connectivity index (χ0n) is 13.0. The lowest BCUT2D eigenvalue weighted by Crippen LogP contribution is -2.10. The number of benzene rings is 1. The van der Waals surface area contributed by atoms with Gasteiger partial charge in [0, 0.05) is 4.88 Å². The second kappa shape index (κ2) is 5.81. The number of hydrogen-bond acceptors (Lipinski definition) is 4. The molecular formula is C18H18N2O2S. The number of hydrogen-bond donors (Lipinski definition) is 1. The maximum atomic E-state index is 12.7. The molecule has 0 radical (unpaired) electrons. The Morgan fingerprint density at radius 2 is 2.00 bits per heavy atom. The van der Waals surface area contributed by atoms with Gasteiger partial charge in [-0.1, -0.05) is 18.6 Å². The molecule has 0 saturated carbocycles. The SMILES string of the molecule is COc1ccccc1-c1nc2sc3c(c2c(=O)[nH]1)CCCCC3. The van der Waals surface area contributed by atoms with Crippen LogP contribution in [0.4, 0.5) is 0 Å². The summed E-state index contributed by atoms with van der Waals surface area (Å²) in [6, 6.07) is 7.63. The Morgan fingerprint density at radius 1 is 1.17 bits per heavy atom. The van der Waals surface area contributed by atoms with Crippen molar-refractivity contribution in [3.8, 4) is 17.1 Å². The van der Waals surface area contributed by atoms with Crippen molar-refractivity contribution in [2.75, 3.05) is 7.11 Å². The highest BCUT2D eigenvalue weighted by molar-refractivity contribution is 7.18. The molecule has 1 N–H and O–H groups in total. The Bertz CT molecular complexity index is 926. The molecule has 2 heterocycles. The van der Waals surface area contributed by atoms with Crippen LogP contribution in [-0.4, -0.2) is 17.1 Å². The van der Waals surface area contributed by atoms with Gasteiger partial charge in [0.1, 0.15) is 16.4 Å². The van der Waals surface area contributed by atoms with Crippen molar-refractivity contribution in [3.05, 3.63) is 45.1 Å². The van der Waals surface area contributed by atoms with E-state index in [0.29, 0.717) is 11.6 Å². The van der Waals surface area contributed by atoms with Gasteiger partial charge in [-0.15, -0.1) is 11.3 Å². The van der Waals surface area contributed by atoms with Crippen molar-refractivity contribution in [2.24, 2.45) is 0 Å². The Hall–Kier alpha value is -2.14. The summed E-state index contributed by atoms with van der Waals surface area (Å²) >= 11 is 1.68. The lowest BCUT2D eigenvalue weighted by molar-refractivity contribution is 0.416. The average molecular weight is 326 g/mol. The minimum absolute atomic E-state index is 0.0321. The quantitative estimate of drug-likeness (QED) is 0.726. The number of thiophene rings is 1. The topological polar surface area (TPSA) is 55.0 Å². The van der Waals surface area contributed by atoms with Crippen LogP contribution < -0.4 is 10.3 Å². The molecule has 0 saturated heterocycles. The summed E-state index contributed by atoms with van der Waals surface area (Å²) in [5.74, 6) is 1.30. The van der Waals surface area contributed by atoms with Crippen LogP contribution in [0.25, 0.3) is 21.6 Å². The minimum Gasteiger partial charge on any atom is -0.496 e. The van der Waals surface area contributed by atoms with Gasteiger partial charge < -0.3 is 9.72 Å². The van der Waals surface area contributed by atoms with Crippen molar-refractivity contribution < 1.29 is 4.74 Å². The predicted octanol–water partition coefficient (Wildman–Crippen LogP) is 3.93. The third kappa shape index (κ3) is 2.45. The number of aryl methyl sites for hydroxylation is 2. The maximum Gasteiger partial charge on any atom is 0.260 e. The highest BCUT2D eigenvalue weighted by Crippen LogP contribution is 2.34. The standard InChI is InChI=1S/C18H18N2O2S/c1-22-13-9-6-5-7-11(13)16-19-17(21)15-12-8-3-2-4-10-14(12)23-18(15)20-16/h5-7,9H,2-4,8,10H2,1H3,(H,19,20,21). The minimum atomic E-state index is -0.0321. The zero-order valence-corrected chi connectivity index (χ0v) is 13.8. The Balaban J connectivity index is 1.93. The average Bonchev–Trinajstić information content (AvgIpc) is 2.77. The molecule has 0 amide bonds. The number of para-hydroxylation sites is 1. The molecule has 4 rings (SSSR count). The molecule has 5 heteroatoms. The van der Waals surface area contributed by atoms with Crippen LogP contribution in [0.15, 0.2) is 29.1 Å². The van der Waals surface area contributed by atoms with Crippen LogP contribution in [0.5, 0.6) is 5.75 Å². The molecule has 0 atom stereocenters. The lowest BCUT2D eigenvalue weighted by atomic mass is 10.1. The van der Waals surface area contributed by atoms with Gasteiger partial charge in [-0.2, -0.15) is 0 Å². The number of H-pyrrole nitrogens is 1. The summed E-state index contributed by atoms with van der Waals surface area (Å²) in [5, 5.41) is 0.797. The highest BCUT2D eigenvalue weighted by atomic mass is 32.1. The number of methoxy groups -OCH3 is 1. The normalized spacial score (nSPS) is 14.5. The van der Waals surface area contributed by atoms with Crippen LogP contribution in [0.2, 0.25) is 0 Å². The summed E-state index contributed by atoms with van der Waals surface area (Å²) in [5.41, 5.74) is 2.01. The van der Waals surface area contributed by atoms with Gasteiger partial charge in [0.25, 0.3) is 5.56 Å². The third-order valence-corrected chi connectivity index (χ3v) is 5.62. The molecular weight excluding hydrogens is 308 g/mol. The molecule has 0 bridgehead atoms. The van der Waals surface area contributed by atoms with Gasteiger partial charge in [-0.3, -0.25) is 4.79 Å². The zero-order chi connectivity index (χ0) is 15.8. The molecule has 0 unspecified atom stereocenters. The van der Waals surface area contributed by atoms with Crippen LogP contribution in [0, 0.1) is 0 Å². The number of aromatic amines is 1. The first kappa shape index (κ1) is 14.5. The summed E-state index contributed by atoms with van der Waals surface area (Å²) in [7, 11) is 1.63. The van der Waals surface area contributed by atoms with E-state index in [1.165, 1.54) is 23.3 Å². The molecule has 1 aromatic carbocycles. The fraction of sp³-hybridized carbons (Fsp3) is 0.333. The monoisotopic (exact) mass is 326 g/mol. The molecule has 0 spiro atoms. The predicted molar refractivity (Wildman–Crippen MR) is 93.5 cm³/mol. The molecule has 0 fully saturated rings. The smallest absolute Gasteiger partial charge is 0.260 e. The van der Waals surface area contributed by atoms with Crippen molar-refractivity contribution in [3.63, 3.8) is 0 Å². The lowest BCUT2D eigenvalue weighted by Gasteiger charge is -2.07. The Morgan fingerprint density at radius 3 is 2.87 bits per heavy atom. The number of rotatable bonds is 2. The largest absolute Gasteiger partial charge is 0.496 e. The maximum absolute atomic E-state index is 12.7. The van der Waals surface area contributed by atoms with Crippen molar-refractivity contribution in [1.29, 1.82) is 0 Å². The fourth-order valence-electron chi connectivity index (χ4n) is 3.31. The number of nitrogens with zero attached hydrogens (tertiary/aromatic N) is 1. The van der Waals surface area contributed by atoms with E-state index < -0.39 is 0 Å². The second-order valence-corrected chi connectivity index (χ2v) is 6.94. The summed E-state index contributed by atoms with van der Waals surface area (Å²) in [6.45, 7) is 0. The van der Waals surface area contributed by atoms with Gasteiger partial charge in [-0.05, 0) is 43.4 Å². The first-order valence-corrected chi connectivity index (χ1v) is 8.77. The number of nitrogens with one attached hydrogen (secondary N) is 1. The molecule has 4 nitrogen and oxygen atoms in total. The first-order valence-electron chi connectivity index (χ1n) is 7.96. The van der Waals surface area contributed by atoms with Gasteiger partial charge in [0.2, 0.25) is 0 Å². The number of aromatic nitrogens is 2. The van der Waals surface area contributed by atoms with E-state index in [4.69, 9.17) is 9.72 Å². The Kier molecular flexibility index (Phi) is 3.65. The highest BCUT2D eigenvalue weighted by Gasteiger charge is 2.19. The first-order chi connectivity index (χ1) is 11.3. The van der Waals surface area contributed by atoms with Gasteiger partial charge in [0.05, 0.1) is 18.1 Å². The van der Waals surface area contributed by atoms with Crippen LogP contribution in [0.1, 0.15) is 29.7 Å². The summed E-state index contributed by atoms with van der Waals surface area (Å²) in [6.07, 6.45) is 5.67. The van der Waals surface area contributed by atoms with E-state index in [9.17, 15) is 4.79 Å². The van der Waals surface area contributed by atoms with Crippen molar-refractivity contribution >= 4 is 21.6 Å². The van der Waals surface area contributed by atoms with Gasteiger partial charge in [0.15, 0.2) is 0 Å². The summed E-state index contributed by atoms with van der Waals surface area (Å²) < 4.78 is 5.39. The number of ether oxygens (including phenoxy) is 1. The van der Waals surface area contributed by atoms with E-state index in [1.807, 2.05) is 24.3 Å². The second-order valence-electron chi connectivity index (χ2n) is 5.86. The van der Waals surface area contributed by atoms with Crippen LogP contribution in [0.3, 0.4) is 0 Å². The van der Waals surface area contributed by atoms with Crippen LogP contribution in [-0.2, 0) is 12.8 Å². The van der Waals surface area contributed by atoms with E-state index in [0.717, 1.165) is 35.0 Å². The molecule has 23 heavy (non-hydrogen) atoms. The van der Waals surface area contributed by atoms with Gasteiger partial charge >= 0.3 is 0 Å². The van der Waals surface area contributed by atoms with E-state index in [1.54, 1.807) is 18.4 Å². The van der Waals surface area contributed by atoms with E-state index in [2.05, 4.69) is 4.98 Å². The van der Waals surface area contributed by atoms with Gasteiger partial charge in [-0.25, -0.2) is 4.98 Å². The van der Waals surface area contributed by atoms with E-state index in [-0.39, 0.29) is 5.56 Å². The third-order valence-electron chi connectivity index (χ3n) is 4.44. The van der Waals surface area contributed by atoms with Crippen LogP contribution >= 0.6 is 11.3 Å². The van der Waals surface area contributed by atoms with Crippen molar-refractivity contribution in [2.45, 2.75) is 32.1 Å². The Labute approximate surface area is 138 Å². The molecule has 2 aromatic heterocycles. The molecule has 0 aliphatic heterocycles. The summed E-state index contributed by atoms with van der Waals surface area (Å²) in [4.78, 5) is 22.6. The van der Waals surface area contributed by atoms with Crippen molar-refractivity contribution in [1.82, 2.24) is 9.97 Å². The number of fused-ring (bicyclic) bond motifs is 3. The van der Waals surface area contributed by atoms with E-state index >= 15 is 0 Å². The molecule has 118 valence electrons. The fourth-order valence-corrected chi connectivity index (χ4v) is 4.57. The molecule has 1 aliphatic rings.